The Balaban J connectivity index is 1.71. The summed E-state index contributed by atoms with van der Waals surface area (Å²) in [7, 11) is 0. The molecular formula is C22H23NO4. The number of unbranched alkanes of at least 4 members (excludes halogenated alkanes) is 1. The van der Waals surface area contributed by atoms with Crippen molar-refractivity contribution in [3.05, 3.63) is 72.0 Å². The van der Waals surface area contributed by atoms with E-state index in [-0.39, 0.29) is 12.5 Å². The van der Waals surface area contributed by atoms with Gasteiger partial charge in [0.15, 0.2) is 0 Å². The van der Waals surface area contributed by atoms with Crippen molar-refractivity contribution in [1.29, 1.82) is 0 Å². The fourth-order valence-electron chi connectivity index (χ4n) is 2.63. The van der Waals surface area contributed by atoms with E-state index in [4.69, 9.17) is 14.3 Å². The van der Waals surface area contributed by atoms with Gasteiger partial charge in [-0.15, -0.1) is 0 Å². The monoisotopic (exact) mass is 365 g/mol. The molecule has 1 heterocycles. The molecule has 0 radical (unpaired) electrons. The van der Waals surface area contributed by atoms with Gasteiger partial charge in [-0.3, -0.25) is 4.79 Å². The number of aliphatic hydroxyl groups is 1. The summed E-state index contributed by atoms with van der Waals surface area (Å²) >= 11 is 0. The van der Waals surface area contributed by atoms with Crippen molar-refractivity contribution in [2.75, 3.05) is 11.9 Å². The van der Waals surface area contributed by atoms with Crippen molar-refractivity contribution in [2.45, 2.75) is 26.4 Å². The lowest BCUT2D eigenvalue weighted by molar-refractivity contribution is 0.102. The lowest BCUT2D eigenvalue weighted by Crippen LogP contribution is -2.12. The highest BCUT2D eigenvalue weighted by atomic mass is 16.5. The summed E-state index contributed by atoms with van der Waals surface area (Å²) in [6, 6.07) is 18.1. The number of anilines is 1. The highest BCUT2D eigenvalue weighted by Crippen LogP contribution is 2.25. The Hall–Kier alpha value is -3.05. The van der Waals surface area contributed by atoms with Crippen LogP contribution in [-0.2, 0) is 6.61 Å². The molecule has 27 heavy (non-hydrogen) atoms. The van der Waals surface area contributed by atoms with E-state index in [1.54, 1.807) is 24.3 Å². The third-order valence-electron chi connectivity index (χ3n) is 4.09. The molecule has 0 saturated heterocycles. The van der Waals surface area contributed by atoms with Gasteiger partial charge in [0, 0.05) is 16.8 Å². The van der Waals surface area contributed by atoms with Gasteiger partial charge in [-0.2, -0.15) is 0 Å². The van der Waals surface area contributed by atoms with E-state index in [0.29, 0.717) is 35.1 Å². The average Bonchev–Trinajstić information content (AvgIpc) is 3.18. The predicted octanol–water partition coefficient (Wildman–Crippen LogP) is 4.87. The van der Waals surface area contributed by atoms with Crippen molar-refractivity contribution < 1.29 is 19.1 Å². The number of rotatable bonds is 8. The smallest absolute Gasteiger partial charge is 0.255 e. The molecule has 1 aromatic heterocycles. The molecule has 0 saturated carbocycles. The molecule has 0 aliphatic carbocycles. The molecule has 0 spiro atoms. The normalized spacial score (nSPS) is 10.6. The van der Waals surface area contributed by atoms with Crippen molar-refractivity contribution in [2.24, 2.45) is 0 Å². The Kier molecular flexibility index (Phi) is 6.28. The summed E-state index contributed by atoms with van der Waals surface area (Å²) in [6.45, 7) is 2.60. The van der Waals surface area contributed by atoms with Crippen LogP contribution >= 0.6 is 0 Å². The van der Waals surface area contributed by atoms with Gasteiger partial charge in [-0.25, -0.2) is 0 Å². The largest absolute Gasteiger partial charge is 0.494 e. The number of benzene rings is 2. The fourth-order valence-corrected chi connectivity index (χ4v) is 2.63. The first-order chi connectivity index (χ1) is 13.2. The second-order valence-electron chi connectivity index (χ2n) is 6.19. The summed E-state index contributed by atoms with van der Waals surface area (Å²) in [5.74, 6) is 1.63. The van der Waals surface area contributed by atoms with Crippen molar-refractivity contribution >= 4 is 11.6 Å². The maximum absolute atomic E-state index is 12.6. The summed E-state index contributed by atoms with van der Waals surface area (Å²) in [6.07, 6.45) is 2.04. The topological polar surface area (TPSA) is 71.7 Å². The molecule has 2 N–H and O–H groups in total. The van der Waals surface area contributed by atoms with Crippen LogP contribution in [0.5, 0.6) is 5.75 Å². The zero-order chi connectivity index (χ0) is 19.1. The fraction of sp³-hybridized carbons (Fsp3) is 0.227. The molecule has 1 amide bonds. The summed E-state index contributed by atoms with van der Waals surface area (Å²) in [5, 5.41) is 12.0. The molecule has 2 aromatic carbocycles. The lowest BCUT2D eigenvalue weighted by atomic mass is 10.1. The molecule has 0 fully saturated rings. The molecule has 3 rings (SSSR count). The molecule has 140 valence electrons. The quantitative estimate of drug-likeness (QED) is 0.559. The minimum atomic E-state index is -0.205. The van der Waals surface area contributed by atoms with Gasteiger partial charge >= 0.3 is 0 Å². The third kappa shape index (κ3) is 4.99. The number of carbonyl (C=O) groups is 1. The van der Waals surface area contributed by atoms with Gasteiger partial charge in [-0.05, 0) is 48.9 Å². The number of hydrogen-bond acceptors (Lipinski definition) is 4. The number of amides is 1. The van der Waals surface area contributed by atoms with Crippen LogP contribution in [0.3, 0.4) is 0 Å². The van der Waals surface area contributed by atoms with Crippen LogP contribution in [0.15, 0.2) is 65.1 Å². The zero-order valence-electron chi connectivity index (χ0n) is 15.3. The van der Waals surface area contributed by atoms with Gasteiger partial charge in [0.25, 0.3) is 5.91 Å². The number of hydrogen-bond donors (Lipinski definition) is 2. The van der Waals surface area contributed by atoms with Gasteiger partial charge in [0.05, 0.1) is 6.61 Å². The minimum absolute atomic E-state index is 0.146. The van der Waals surface area contributed by atoms with Crippen LogP contribution in [0.25, 0.3) is 11.3 Å². The molecule has 3 aromatic rings. The standard InChI is InChI=1S/C22H23NO4/c1-2-3-12-26-19-9-5-7-17(14-19)22(25)23-18-8-4-6-16(13-18)21-11-10-20(15-24)27-21/h4-11,13-14,24H,2-3,12,15H2,1H3,(H,23,25). The van der Waals surface area contributed by atoms with E-state index < -0.39 is 0 Å². The maximum atomic E-state index is 12.6. The van der Waals surface area contributed by atoms with Gasteiger partial charge in [-0.1, -0.05) is 31.5 Å². The number of carbonyl (C=O) groups excluding carboxylic acids is 1. The van der Waals surface area contributed by atoms with E-state index >= 15 is 0 Å². The van der Waals surface area contributed by atoms with E-state index in [1.807, 2.05) is 36.4 Å². The molecular weight excluding hydrogens is 342 g/mol. The Morgan fingerprint density at radius 1 is 1.11 bits per heavy atom. The zero-order valence-corrected chi connectivity index (χ0v) is 15.3. The van der Waals surface area contributed by atoms with Gasteiger partial charge in [0.1, 0.15) is 23.9 Å². The maximum Gasteiger partial charge on any atom is 0.255 e. The molecule has 5 nitrogen and oxygen atoms in total. The number of nitrogens with one attached hydrogen (secondary N) is 1. The Morgan fingerprint density at radius 2 is 1.96 bits per heavy atom. The highest BCUT2D eigenvalue weighted by molar-refractivity contribution is 6.04. The highest BCUT2D eigenvalue weighted by Gasteiger charge is 2.10. The first kappa shape index (κ1) is 18.7. The predicted molar refractivity (Wildman–Crippen MR) is 105 cm³/mol. The second kappa shape index (κ2) is 9.05. The SMILES string of the molecule is CCCCOc1cccc(C(=O)Nc2cccc(-c3ccc(CO)o3)c2)c1. The van der Waals surface area contributed by atoms with Crippen molar-refractivity contribution in [3.63, 3.8) is 0 Å². The minimum Gasteiger partial charge on any atom is -0.494 e. The van der Waals surface area contributed by atoms with E-state index in [9.17, 15) is 4.79 Å². The lowest BCUT2D eigenvalue weighted by Gasteiger charge is -2.09. The molecule has 0 aliphatic rings. The van der Waals surface area contributed by atoms with Crippen molar-refractivity contribution in [1.82, 2.24) is 0 Å². The molecule has 0 unspecified atom stereocenters. The third-order valence-corrected chi connectivity index (χ3v) is 4.09. The van der Waals surface area contributed by atoms with Crippen LogP contribution in [0.2, 0.25) is 0 Å². The van der Waals surface area contributed by atoms with Crippen LogP contribution in [-0.4, -0.2) is 17.6 Å². The molecule has 5 heteroatoms. The first-order valence-electron chi connectivity index (χ1n) is 9.04. The molecule has 0 bridgehead atoms. The number of furan rings is 1. The average molecular weight is 365 g/mol. The Bertz CT molecular complexity index is 901. The Labute approximate surface area is 158 Å². The van der Waals surface area contributed by atoms with Gasteiger partial charge < -0.3 is 19.6 Å². The number of ether oxygens (including phenoxy) is 1. The summed E-state index contributed by atoms with van der Waals surface area (Å²) in [5.41, 5.74) is 2.02. The van der Waals surface area contributed by atoms with E-state index in [0.717, 1.165) is 18.4 Å². The van der Waals surface area contributed by atoms with Crippen LogP contribution in [0.4, 0.5) is 5.69 Å². The molecule has 0 aliphatic heterocycles. The summed E-state index contributed by atoms with van der Waals surface area (Å²) < 4.78 is 11.2. The first-order valence-corrected chi connectivity index (χ1v) is 9.04. The van der Waals surface area contributed by atoms with Crippen molar-refractivity contribution in [3.8, 4) is 17.1 Å². The Morgan fingerprint density at radius 3 is 2.74 bits per heavy atom. The summed E-state index contributed by atoms with van der Waals surface area (Å²) in [4.78, 5) is 12.6. The van der Waals surface area contributed by atoms with Crippen LogP contribution in [0.1, 0.15) is 35.9 Å². The number of aliphatic hydroxyl groups excluding tert-OH is 1. The second-order valence-corrected chi connectivity index (χ2v) is 6.19. The van der Waals surface area contributed by atoms with Gasteiger partial charge in [0.2, 0.25) is 0 Å². The van der Waals surface area contributed by atoms with Crippen LogP contribution < -0.4 is 10.1 Å². The van der Waals surface area contributed by atoms with E-state index in [2.05, 4.69) is 12.2 Å². The van der Waals surface area contributed by atoms with Crippen LogP contribution in [0, 0.1) is 0 Å². The molecule has 0 atom stereocenters. The van der Waals surface area contributed by atoms with E-state index in [1.165, 1.54) is 0 Å².